The Morgan fingerprint density at radius 2 is 1.88 bits per heavy atom. The van der Waals surface area contributed by atoms with E-state index in [4.69, 9.17) is 16.3 Å². The molecule has 140 valence electrons. The van der Waals surface area contributed by atoms with E-state index < -0.39 is 6.04 Å². The molecule has 1 aromatic rings. The van der Waals surface area contributed by atoms with Crippen molar-refractivity contribution in [3.63, 3.8) is 0 Å². The molecule has 0 saturated heterocycles. The van der Waals surface area contributed by atoms with Crippen LogP contribution >= 0.6 is 11.6 Å². The number of hydrogen-bond donors (Lipinski definition) is 2. The van der Waals surface area contributed by atoms with Crippen molar-refractivity contribution in [3.05, 3.63) is 46.1 Å². The molecule has 2 amide bonds. The van der Waals surface area contributed by atoms with E-state index in [0.29, 0.717) is 35.2 Å². The predicted octanol–water partition coefficient (Wildman–Crippen LogP) is 4.48. The summed E-state index contributed by atoms with van der Waals surface area (Å²) in [6, 6.07) is 6.30. The molecule has 1 aliphatic carbocycles. The number of benzene rings is 1. The van der Waals surface area contributed by atoms with Crippen molar-refractivity contribution in [2.75, 3.05) is 6.61 Å². The third-order valence-electron chi connectivity index (χ3n) is 5.11. The fourth-order valence-electron chi connectivity index (χ4n) is 3.67. The Hall–Kier alpha value is -2.01. The molecule has 1 aliphatic heterocycles. The van der Waals surface area contributed by atoms with Crippen molar-refractivity contribution in [1.29, 1.82) is 0 Å². The number of esters is 1. The lowest BCUT2D eigenvalue weighted by molar-refractivity contribution is -0.141. The van der Waals surface area contributed by atoms with Crippen LogP contribution in [0.15, 0.2) is 35.5 Å². The first-order valence-electron chi connectivity index (χ1n) is 9.31. The van der Waals surface area contributed by atoms with Gasteiger partial charge in [0.2, 0.25) is 0 Å². The van der Waals surface area contributed by atoms with E-state index >= 15 is 0 Å². The first kappa shape index (κ1) is 18.8. The molecule has 1 unspecified atom stereocenters. The number of allylic oxidation sites excluding steroid dienone is 1. The molecule has 1 aromatic carbocycles. The largest absolute Gasteiger partial charge is 0.462 e. The van der Waals surface area contributed by atoms with E-state index in [0.717, 1.165) is 18.4 Å². The van der Waals surface area contributed by atoms with Crippen LogP contribution in [0.3, 0.4) is 0 Å². The molecule has 6 heteroatoms. The average Bonchev–Trinajstić information content (AvgIpc) is 2.66. The van der Waals surface area contributed by atoms with Gasteiger partial charge in [-0.1, -0.05) is 49.9 Å². The van der Waals surface area contributed by atoms with Gasteiger partial charge in [0.25, 0.3) is 0 Å². The zero-order chi connectivity index (χ0) is 18.5. The van der Waals surface area contributed by atoms with Gasteiger partial charge in [-0.05, 0) is 42.9 Å². The zero-order valence-corrected chi connectivity index (χ0v) is 15.8. The molecule has 0 radical (unpaired) electrons. The smallest absolute Gasteiger partial charge is 0.338 e. The van der Waals surface area contributed by atoms with Gasteiger partial charge in [-0.3, -0.25) is 0 Å². The Labute approximate surface area is 159 Å². The summed E-state index contributed by atoms with van der Waals surface area (Å²) in [6.07, 6.45) is 6.45. The van der Waals surface area contributed by atoms with Gasteiger partial charge in [0, 0.05) is 10.7 Å². The minimum atomic E-state index is -0.533. The summed E-state index contributed by atoms with van der Waals surface area (Å²) in [5.41, 5.74) is 1.90. The van der Waals surface area contributed by atoms with Crippen LogP contribution in [0.25, 0.3) is 0 Å². The highest BCUT2D eigenvalue weighted by Gasteiger charge is 2.33. The maximum Gasteiger partial charge on any atom is 0.338 e. The topological polar surface area (TPSA) is 67.4 Å². The molecular weight excluding hydrogens is 352 g/mol. The average molecular weight is 377 g/mol. The van der Waals surface area contributed by atoms with E-state index in [2.05, 4.69) is 10.6 Å². The number of carbonyl (C=O) groups excluding carboxylic acids is 2. The number of nitrogens with one attached hydrogen (secondary N) is 2. The van der Waals surface area contributed by atoms with Crippen LogP contribution in [-0.4, -0.2) is 18.6 Å². The van der Waals surface area contributed by atoms with Crippen molar-refractivity contribution >= 4 is 23.6 Å². The normalized spacial score (nSPS) is 21.2. The lowest BCUT2D eigenvalue weighted by atomic mass is 9.90. The predicted molar refractivity (Wildman–Crippen MR) is 101 cm³/mol. The number of urea groups is 1. The molecule has 2 aliphatic rings. The molecule has 5 nitrogen and oxygen atoms in total. The van der Waals surface area contributed by atoms with Crippen LogP contribution < -0.4 is 10.6 Å². The maximum absolute atomic E-state index is 12.9. The number of hydrogen-bond acceptors (Lipinski definition) is 3. The minimum Gasteiger partial charge on any atom is -0.462 e. The van der Waals surface area contributed by atoms with Crippen molar-refractivity contribution in [1.82, 2.24) is 10.6 Å². The lowest BCUT2D eigenvalue weighted by Gasteiger charge is -2.30. The SMILES string of the molecule is CCC1=C(C(=O)OCC2CCCCC2)C(c2ccc(Cl)cc2)NC(=O)N1. The van der Waals surface area contributed by atoms with Gasteiger partial charge in [-0.25, -0.2) is 9.59 Å². The summed E-state index contributed by atoms with van der Waals surface area (Å²) in [5.74, 6) is 0.0818. The summed E-state index contributed by atoms with van der Waals surface area (Å²) in [7, 11) is 0. The van der Waals surface area contributed by atoms with E-state index in [9.17, 15) is 9.59 Å². The fourth-order valence-corrected chi connectivity index (χ4v) is 3.79. The Bertz CT molecular complexity index is 694. The molecule has 1 saturated carbocycles. The van der Waals surface area contributed by atoms with Gasteiger partial charge >= 0.3 is 12.0 Å². The second-order valence-corrected chi connectivity index (χ2v) is 7.37. The first-order valence-corrected chi connectivity index (χ1v) is 9.69. The summed E-state index contributed by atoms with van der Waals surface area (Å²) < 4.78 is 5.65. The molecule has 1 fully saturated rings. The fraction of sp³-hybridized carbons (Fsp3) is 0.500. The summed E-state index contributed by atoms with van der Waals surface area (Å²) >= 11 is 5.97. The lowest BCUT2D eigenvalue weighted by Crippen LogP contribution is -2.46. The Balaban J connectivity index is 1.81. The third-order valence-corrected chi connectivity index (χ3v) is 5.36. The second kappa shape index (κ2) is 8.58. The van der Waals surface area contributed by atoms with Crippen LogP contribution in [-0.2, 0) is 9.53 Å². The molecule has 1 atom stereocenters. The number of rotatable bonds is 5. The third kappa shape index (κ3) is 4.39. The summed E-state index contributed by atoms with van der Waals surface area (Å²) in [6.45, 7) is 2.36. The van der Waals surface area contributed by atoms with Crippen molar-refractivity contribution in [2.45, 2.75) is 51.5 Å². The first-order chi connectivity index (χ1) is 12.6. The van der Waals surface area contributed by atoms with Crippen LogP contribution in [0.4, 0.5) is 4.79 Å². The highest BCUT2D eigenvalue weighted by atomic mass is 35.5. The second-order valence-electron chi connectivity index (χ2n) is 6.93. The zero-order valence-electron chi connectivity index (χ0n) is 15.0. The van der Waals surface area contributed by atoms with E-state index in [-0.39, 0.29) is 12.0 Å². The number of carbonyl (C=O) groups is 2. The molecule has 3 rings (SSSR count). The number of halogens is 1. The number of ether oxygens (including phenoxy) is 1. The van der Waals surface area contributed by atoms with Crippen molar-refractivity contribution in [2.24, 2.45) is 5.92 Å². The summed E-state index contributed by atoms with van der Waals surface area (Å²) in [5, 5.41) is 6.19. The maximum atomic E-state index is 12.9. The Morgan fingerprint density at radius 1 is 1.19 bits per heavy atom. The Kier molecular flexibility index (Phi) is 6.20. The highest BCUT2D eigenvalue weighted by Crippen LogP contribution is 2.30. The highest BCUT2D eigenvalue weighted by molar-refractivity contribution is 6.30. The van der Waals surface area contributed by atoms with Gasteiger partial charge in [-0.15, -0.1) is 0 Å². The van der Waals surface area contributed by atoms with E-state index in [1.807, 2.05) is 19.1 Å². The molecule has 0 aromatic heterocycles. The monoisotopic (exact) mass is 376 g/mol. The standard InChI is InChI=1S/C20H25ClN2O3/c1-2-16-17(19(24)26-12-13-6-4-3-5-7-13)18(23-20(25)22-16)14-8-10-15(21)11-9-14/h8-11,13,18H,2-7,12H2,1H3,(H2,22,23,25). The molecule has 1 heterocycles. The van der Waals surface area contributed by atoms with Crippen LogP contribution in [0, 0.1) is 5.92 Å². The van der Waals surface area contributed by atoms with Crippen molar-refractivity contribution in [3.8, 4) is 0 Å². The summed E-state index contributed by atoms with van der Waals surface area (Å²) in [4.78, 5) is 24.9. The van der Waals surface area contributed by atoms with Gasteiger partial charge in [0.1, 0.15) is 0 Å². The quantitative estimate of drug-likeness (QED) is 0.744. The molecule has 2 N–H and O–H groups in total. The van der Waals surface area contributed by atoms with Crippen molar-refractivity contribution < 1.29 is 14.3 Å². The van der Waals surface area contributed by atoms with Gasteiger partial charge in [0.15, 0.2) is 0 Å². The number of amides is 2. The van der Waals surface area contributed by atoms with Crippen LogP contribution in [0.5, 0.6) is 0 Å². The van der Waals surface area contributed by atoms with Crippen LogP contribution in [0.2, 0.25) is 5.02 Å². The molecule has 0 spiro atoms. The molecular formula is C20H25ClN2O3. The Morgan fingerprint density at radius 3 is 2.54 bits per heavy atom. The van der Waals surface area contributed by atoms with Gasteiger partial charge < -0.3 is 15.4 Å². The van der Waals surface area contributed by atoms with Gasteiger partial charge in [0.05, 0.1) is 18.2 Å². The van der Waals surface area contributed by atoms with Crippen LogP contribution in [0.1, 0.15) is 57.1 Å². The molecule has 0 bridgehead atoms. The van der Waals surface area contributed by atoms with E-state index in [1.165, 1.54) is 19.3 Å². The van der Waals surface area contributed by atoms with E-state index in [1.54, 1.807) is 12.1 Å². The minimum absolute atomic E-state index is 0.314. The molecule has 26 heavy (non-hydrogen) atoms. The van der Waals surface area contributed by atoms with Gasteiger partial charge in [-0.2, -0.15) is 0 Å².